The van der Waals surface area contributed by atoms with Crippen LogP contribution in [0.25, 0.3) is 0 Å². The molecule has 0 radical (unpaired) electrons. The minimum absolute atomic E-state index is 0.874. The largest absolute Gasteiger partial charge is 0.385 e. The Morgan fingerprint density at radius 3 is 2.53 bits per heavy atom. The number of nitrogens with one attached hydrogen (secondary N) is 1. The fourth-order valence-corrected chi connectivity index (χ4v) is 2.08. The van der Waals surface area contributed by atoms with Gasteiger partial charge >= 0.3 is 0 Å². The first-order chi connectivity index (χ1) is 7.43. The molecule has 3 nitrogen and oxygen atoms in total. The Balaban J connectivity index is 1.79. The smallest absolute Gasteiger partial charge is 0.0474 e. The second-order valence-corrected chi connectivity index (χ2v) is 4.35. The predicted molar refractivity (Wildman–Crippen MR) is 64.3 cm³/mol. The maximum Gasteiger partial charge on any atom is 0.0474 e. The van der Waals surface area contributed by atoms with Crippen LogP contribution in [0.3, 0.4) is 0 Å². The van der Waals surface area contributed by atoms with Gasteiger partial charge in [0.15, 0.2) is 0 Å². The van der Waals surface area contributed by atoms with Gasteiger partial charge in [0.05, 0.1) is 0 Å². The minimum atomic E-state index is 0.874. The Morgan fingerprint density at radius 2 is 1.80 bits per heavy atom. The quantitative estimate of drug-likeness (QED) is 0.620. The number of hydrogen-bond acceptors (Lipinski definition) is 3. The van der Waals surface area contributed by atoms with Crippen molar-refractivity contribution in [1.29, 1.82) is 0 Å². The molecule has 0 aliphatic carbocycles. The van der Waals surface area contributed by atoms with Crippen molar-refractivity contribution < 1.29 is 4.74 Å². The van der Waals surface area contributed by atoms with E-state index in [2.05, 4.69) is 10.2 Å². The molecule has 0 atom stereocenters. The van der Waals surface area contributed by atoms with E-state index in [0.717, 1.165) is 26.1 Å². The topological polar surface area (TPSA) is 24.5 Å². The molecular formula is C12H26N2O. The van der Waals surface area contributed by atoms with Gasteiger partial charge in [-0.3, -0.25) is 0 Å². The number of methoxy groups -OCH3 is 1. The van der Waals surface area contributed by atoms with Gasteiger partial charge in [0.25, 0.3) is 0 Å². The standard InChI is InChI=1S/C12H26N2O/c1-15-12-6-8-13-7-5-11-14-9-3-2-4-10-14/h13H,2-12H2,1H3. The van der Waals surface area contributed by atoms with E-state index in [9.17, 15) is 0 Å². The van der Waals surface area contributed by atoms with Crippen LogP contribution in [0.1, 0.15) is 32.1 Å². The van der Waals surface area contributed by atoms with E-state index in [-0.39, 0.29) is 0 Å². The van der Waals surface area contributed by atoms with Crippen LogP contribution in [-0.4, -0.2) is 51.3 Å². The molecular weight excluding hydrogens is 188 g/mol. The second-order valence-electron chi connectivity index (χ2n) is 4.35. The third-order valence-corrected chi connectivity index (χ3v) is 2.98. The highest BCUT2D eigenvalue weighted by Gasteiger charge is 2.08. The van der Waals surface area contributed by atoms with Gasteiger partial charge in [-0.15, -0.1) is 0 Å². The number of hydrogen-bond donors (Lipinski definition) is 1. The number of rotatable bonds is 8. The van der Waals surface area contributed by atoms with E-state index in [4.69, 9.17) is 4.74 Å². The first-order valence-electron chi connectivity index (χ1n) is 6.35. The number of nitrogens with zero attached hydrogens (tertiary/aromatic N) is 1. The highest BCUT2D eigenvalue weighted by molar-refractivity contribution is 4.64. The lowest BCUT2D eigenvalue weighted by Gasteiger charge is -2.26. The first-order valence-corrected chi connectivity index (χ1v) is 6.35. The van der Waals surface area contributed by atoms with E-state index < -0.39 is 0 Å². The van der Waals surface area contributed by atoms with Crippen LogP contribution in [0.15, 0.2) is 0 Å². The summed E-state index contributed by atoms with van der Waals surface area (Å²) in [6.45, 7) is 7.04. The van der Waals surface area contributed by atoms with Gasteiger partial charge in [0.1, 0.15) is 0 Å². The number of piperidine rings is 1. The molecule has 1 N–H and O–H groups in total. The van der Waals surface area contributed by atoms with Gasteiger partial charge in [-0.2, -0.15) is 0 Å². The molecule has 1 heterocycles. The first kappa shape index (κ1) is 12.9. The third kappa shape index (κ3) is 6.88. The summed E-state index contributed by atoms with van der Waals surface area (Å²) in [7, 11) is 1.76. The summed E-state index contributed by atoms with van der Waals surface area (Å²) < 4.78 is 5.00. The maximum absolute atomic E-state index is 5.00. The van der Waals surface area contributed by atoms with Crippen LogP contribution in [-0.2, 0) is 4.74 Å². The van der Waals surface area contributed by atoms with Crippen molar-refractivity contribution in [3.63, 3.8) is 0 Å². The van der Waals surface area contributed by atoms with Crippen molar-refractivity contribution in [1.82, 2.24) is 10.2 Å². The summed E-state index contributed by atoms with van der Waals surface area (Å²) in [4.78, 5) is 2.60. The van der Waals surface area contributed by atoms with Crippen LogP contribution < -0.4 is 5.32 Å². The average molecular weight is 214 g/mol. The highest BCUT2D eigenvalue weighted by Crippen LogP contribution is 2.08. The Morgan fingerprint density at radius 1 is 1.07 bits per heavy atom. The molecule has 0 bridgehead atoms. The molecule has 0 aromatic carbocycles. The summed E-state index contributed by atoms with van der Waals surface area (Å²) in [5.41, 5.74) is 0. The Bertz CT molecular complexity index is 136. The minimum Gasteiger partial charge on any atom is -0.385 e. The Labute approximate surface area is 94.2 Å². The zero-order valence-corrected chi connectivity index (χ0v) is 10.1. The van der Waals surface area contributed by atoms with Gasteiger partial charge in [-0.1, -0.05) is 6.42 Å². The lowest BCUT2D eigenvalue weighted by atomic mass is 10.1. The van der Waals surface area contributed by atoms with Crippen molar-refractivity contribution in [3.8, 4) is 0 Å². The number of likely N-dealkylation sites (tertiary alicyclic amines) is 1. The molecule has 0 aromatic heterocycles. The Kier molecular flexibility index (Phi) is 7.88. The van der Waals surface area contributed by atoms with Crippen LogP contribution in [0, 0.1) is 0 Å². The van der Waals surface area contributed by atoms with Crippen LogP contribution in [0.4, 0.5) is 0 Å². The normalized spacial score (nSPS) is 18.2. The molecule has 90 valence electrons. The van der Waals surface area contributed by atoms with Crippen LogP contribution in [0.2, 0.25) is 0 Å². The SMILES string of the molecule is COCCCNCCCN1CCCCC1. The van der Waals surface area contributed by atoms with E-state index in [1.807, 2.05) is 0 Å². The molecule has 1 fully saturated rings. The highest BCUT2D eigenvalue weighted by atomic mass is 16.5. The molecule has 15 heavy (non-hydrogen) atoms. The van der Waals surface area contributed by atoms with E-state index in [1.165, 1.54) is 45.3 Å². The van der Waals surface area contributed by atoms with Gasteiger partial charge in [-0.25, -0.2) is 0 Å². The molecule has 0 spiro atoms. The van der Waals surface area contributed by atoms with Gasteiger partial charge in [0, 0.05) is 13.7 Å². The summed E-state index contributed by atoms with van der Waals surface area (Å²) in [6, 6.07) is 0. The van der Waals surface area contributed by atoms with Crippen LogP contribution >= 0.6 is 0 Å². The fourth-order valence-electron chi connectivity index (χ4n) is 2.08. The lowest BCUT2D eigenvalue weighted by molar-refractivity contribution is 0.193. The molecule has 0 unspecified atom stereocenters. The zero-order chi connectivity index (χ0) is 10.8. The predicted octanol–water partition coefficient (Wildman–Crippen LogP) is 1.49. The molecule has 1 rings (SSSR count). The molecule has 3 heteroatoms. The molecule has 1 aliphatic heterocycles. The van der Waals surface area contributed by atoms with E-state index >= 15 is 0 Å². The average Bonchev–Trinajstić information content (AvgIpc) is 2.29. The van der Waals surface area contributed by atoms with Crippen LogP contribution in [0.5, 0.6) is 0 Å². The molecule has 0 amide bonds. The van der Waals surface area contributed by atoms with Gasteiger partial charge < -0.3 is 15.0 Å². The van der Waals surface area contributed by atoms with Crippen molar-refractivity contribution in [2.45, 2.75) is 32.1 Å². The van der Waals surface area contributed by atoms with Gasteiger partial charge in [0.2, 0.25) is 0 Å². The van der Waals surface area contributed by atoms with Crippen molar-refractivity contribution >= 4 is 0 Å². The second kappa shape index (κ2) is 9.13. The van der Waals surface area contributed by atoms with E-state index in [0.29, 0.717) is 0 Å². The summed E-state index contributed by atoms with van der Waals surface area (Å²) in [5.74, 6) is 0. The fraction of sp³-hybridized carbons (Fsp3) is 1.00. The summed E-state index contributed by atoms with van der Waals surface area (Å²) in [5, 5.41) is 3.45. The van der Waals surface area contributed by atoms with E-state index in [1.54, 1.807) is 7.11 Å². The molecule has 0 aromatic rings. The van der Waals surface area contributed by atoms with Crippen molar-refractivity contribution in [2.75, 3.05) is 46.4 Å². The van der Waals surface area contributed by atoms with Crippen molar-refractivity contribution in [3.05, 3.63) is 0 Å². The maximum atomic E-state index is 5.00. The summed E-state index contributed by atoms with van der Waals surface area (Å²) >= 11 is 0. The Hall–Kier alpha value is -0.120. The number of ether oxygens (including phenoxy) is 1. The molecule has 1 aliphatic rings. The van der Waals surface area contributed by atoms with Crippen molar-refractivity contribution in [2.24, 2.45) is 0 Å². The third-order valence-electron chi connectivity index (χ3n) is 2.98. The summed E-state index contributed by atoms with van der Waals surface area (Å²) in [6.07, 6.45) is 6.65. The molecule has 1 saturated heterocycles. The monoisotopic (exact) mass is 214 g/mol. The lowest BCUT2D eigenvalue weighted by Crippen LogP contribution is -2.32. The zero-order valence-electron chi connectivity index (χ0n) is 10.1. The molecule has 0 saturated carbocycles. The van der Waals surface area contributed by atoms with Gasteiger partial charge in [-0.05, 0) is 58.4 Å².